The summed E-state index contributed by atoms with van der Waals surface area (Å²) in [5, 5.41) is 4.39. The fourth-order valence-corrected chi connectivity index (χ4v) is 3.87. The quantitative estimate of drug-likeness (QED) is 0.873. The van der Waals surface area contributed by atoms with Gasteiger partial charge in [0, 0.05) is 11.6 Å². The van der Waals surface area contributed by atoms with Gasteiger partial charge in [0.05, 0.1) is 0 Å². The molecule has 1 fully saturated rings. The van der Waals surface area contributed by atoms with Crippen molar-refractivity contribution in [2.24, 2.45) is 5.73 Å². The lowest BCUT2D eigenvalue weighted by Gasteiger charge is -2.41. The van der Waals surface area contributed by atoms with E-state index in [1.54, 1.807) is 11.3 Å². The summed E-state index contributed by atoms with van der Waals surface area (Å²) >= 11 is 1.78. The zero-order valence-corrected chi connectivity index (χ0v) is 11.8. The highest BCUT2D eigenvalue weighted by Gasteiger charge is 2.40. The first-order valence-corrected chi connectivity index (χ1v) is 7.53. The van der Waals surface area contributed by atoms with Crippen LogP contribution in [0.5, 0.6) is 0 Å². The van der Waals surface area contributed by atoms with Gasteiger partial charge in [0.1, 0.15) is 0 Å². The third kappa shape index (κ3) is 2.72. The predicted molar refractivity (Wildman–Crippen MR) is 75.5 cm³/mol. The Kier molecular flexibility index (Phi) is 4.23. The number of hydrogen-bond acceptors (Lipinski definition) is 3. The molecule has 1 heterocycles. The van der Waals surface area contributed by atoms with Crippen LogP contribution in [0, 0.1) is 0 Å². The molecular formula is C14H24N2S. The summed E-state index contributed by atoms with van der Waals surface area (Å²) in [7, 11) is 4.38. The molecule has 2 nitrogen and oxygen atoms in total. The largest absolute Gasteiger partial charge is 0.326 e. The van der Waals surface area contributed by atoms with Crippen molar-refractivity contribution in [3.8, 4) is 0 Å². The molecule has 1 aromatic rings. The van der Waals surface area contributed by atoms with Crippen molar-refractivity contribution < 1.29 is 0 Å². The van der Waals surface area contributed by atoms with Crippen LogP contribution in [0.15, 0.2) is 16.8 Å². The first-order chi connectivity index (χ1) is 8.15. The summed E-state index contributed by atoms with van der Waals surface area (Å²) in [4.78, 5) is 2.37. The Morgan fingerprint density at radius 1 is 1.41 bits per heavy atom. The van der Waals surface area contributed by atoms with Gasteiger partial charge in [0.15, 0.2) is 0 Å². The van der Waals surface area contributed by atoms with Crippen LogP contribution >= 0.6 is 11.3 Å². The van der Waals surface area contributed by atoms with Crippen molar-refractivity contribution in [1.29, 1.82) is 0 Å². The zero-order chi connectivity index (χ0) is 12.3. The van der Waals surface area contributed by atoms with Gasteiger partial charge in [-0.05, 0) is 62.2 Å². The summed E-state index contributed by atoms with van der Waals surface area (Å²) in [6.45, 7) is 0. The lowest BCUT2D eigenvalue weighted by molar-refractivity contribution is 0.119. The molecule has 1 aliphatic rings. The first kappa shape index (κ1) is 13.1. The summed E-state index contributed by atoms with van der Waals surface area (Å²) in [6.07, 6.45) is 7.44. The highest BCUT2D eigenvalue weighted by Crippen LogP contribution is 2.37. The van der Waals surface area contributed by atoms with Crippen molar-refractivity contribution in [2.75, 3.05) is 14.1 Å². The molecule has 2 rings (SSSR count). The minimum Gasteiger partial charge on any atom is -0.326 e. The van der Waals surface area contributed by atoms with E-state index in [1.807, 2.05) is 0 Å². The summed E-state index contributed by atoms with van der Waals surface area (Å²) in [6, 6.07) is 2.52. The summed E-state index contributed by atoms with van der Waals surface area (Å²) in [5.74, 6) is 0. The van der Waals surface area contributed by atoms with Gasteiger partial charge in [0.2, 0.25) is 0 Å². The molecule has 1 unspecified atom stereocenters. The van der Waals surface area contributed by atoms with E-state index in [4.69, 9.17) is 5.73 Å². The molecule has 96 valence electrons. The lowest BCUT2D eigenvalue weighted by Crippen LogP contribution is -2.55. The zero-order valence-electron chi connectivity index (χ0n) is 11.0. The average molecular weight is 252 g/mol. The van der Waals surface area contributed by atoms with Crippen molar-refractivity contribution in [1.82, 2.24) is 4.90 Å². The summed E-state index contributed by atoms with van der Waals surface area (Å²) < 4.78 is 0. The Balaban J connectivity index is 1.95. The molecule has 2 N–H and O–H groups in total. The lowest BCUT2D eigenvalue weighted by atomic mass is 9.84. The number of hydrogen-bond donors (Lipinski definition) is 1. The molecule has 1 aliphatic carbocycles. The van der Waals surface area contributed by atoms with Crippen LogP contribution in [0.2, 0.25) is 0 Å². The van der Waals surface area contributed by atoms with Crippen molar-refractivity contribution >= 4 is 11.3 Å². The molecule has 1 aromatic heterocycles. The van der Waals surface area contributed by atoms with Crippen LogP contribution in [0.25, 0.3) is 0 Å². The van der Waals surface area contributed by atoms with E-state index in [0.29, 0.717) is 6.04 Å². The molecular weight excluding hydrogens is 228 g/mol. The molecule has 1 saturated carbocycles. The minimum absolute atomic E-state index is 0.260. The van der Waals surface area contributed by atoms with Crippen LogP contribution in [0.3, 0.4) is 0 Å². The Bertz CT molecular complexity index is 326. The van der Waals surface area contributed by atoms with Crippen molar-refractivity contribution in [3.63, 3.8) is 0 Å². The highest BCUT2D eigenvalue weighted by atomic mass is 32.1. The SMILES string of the molecule is CN(C)C1(C(N)CCc2ccsc2)CCCC1. The Morgan fingerprint density at radius 3 is 2.65 bits per heavy atom. The van der Waals surface area contributed by atoms with E-state index in [0.717, 1.165) is 12.8 Å². The molecule has 0 spiro atoms. The number of nitrogens with zero attached hydrogens (tertiary/aromatic N) is 1. The van der Waals surface area contributed by atoms with E-state index in [2.05, 4.69) is 35.8 Å². The highest BCUT2D eigenvalue weighted by molar-refractivity contribution is 7.07. The van der Waals surface area contributed by atoms with Gasteiger partial charge >= 0.3 is 0 Å². The number of aryl methyl sites for hydroxylation is 1. The van der Waals surface area contributed by atoms with E-state index < -0.39 is 0 Å². The maximum atomic E-state index is 6.49. The van der Waals surface area contributed by atoms with Gasteiger partial charge in [-0.3, -0.25) is 0 Å². The smallest absolute Gasteiger partial charge is 0.0354 e. The molecule has 3 heteroatoms. The Hall–Kier alpha value is -0.380. The third-order valence-electron chi connectivity index (χ3n) is 4.37. The molecule has 0 aromatic carbocycles. The van der Waals surface area contributed by atoms with Crippen LogP contribution < -0.4 is 5.73 Å². The topological polar surface area (TPSA) is 29.3 Å². The molecule has 17 heavy (non-hydrogen) atoms. The summed E-state index contributed by atoms with van der Waals surface area (Å²) in [5.41, 5.74) is 8.20. The molecule has 0 bridgehead atoms. The molecule has 0 radical (unpaired) electrons. The fourth-order valence-electron chi connectivity index (χ4n) is 3.16. The monoisotopic (exact) mass is 252 g/mol. The Labute approximate surface area is 109 Å². The van der Waals surface area contributed by atoms with Gasteiger partial charge in [-0.15, -0.1) is 0 Å². The van der Waals surface area contributed by atoms with Gasteiger partial charge in [-0.1, -0.05) is 12.8 Å². The van der Waals surface area contributed by atoms with E-state index in [-0.39, 0.29) is 5.54 Å². The molecule has 1 atom stereocenters. The Morgan fingerprint density at radius 2 is 2.12 bits per heavy atom. The van der Waals surface area contributed by atoms with Crippen molar-refractivity contribution in [3.05, 3.63) is 22.4 Å². The number of likely N-dealkylation sites (N-methyl/N-ethyl adjacent to an activating group) is 1. The second kappa shape index (κ2) is 5.51. The van der Waals surface area contributed by atoms with Gasteiger partial charge in [-0.2, -0.15) is 11.3 Å². The minimum atomic E-state index is 0.260. The van der Waals surface area contributed by atoms with Crippen LogP contribution in [0.1, 0.15) is 37.7 Å². The second-order valence-electron chi connectivity index (χ2n) is 5.48. The molecule has 0 amide bonds. The second-order valence-corrected chi connectivity index (χ2v) is 6.26. The van der Waals surface area contributed by atoms with Gasteiger partial charge in [-0.25, -0.2) is 0 Å². The van der Waals surface area contributed by atoms with Gasteiger partial charge in [0.25, 0.3) is 0 Å². The van der Waals surface area contributed by atoms with E-state index in [9.17, 15) is 0 Å². The van der Waals surface area contributed by atoms with E-state index >= 15 is 0 Å². The number of thiophene rings is 1. The molecule has 0 saturated heterocycles. The third-order valence-corrected chi connectivity index (χ3v) is 5.11. The predicted octanol–water partition coefficient (Wildman–Crippen LogP) is 2.88. The normalized spacial score (nSPS) is 20.9. The van der Waals surface area contributed by atoms with E-state index in [1.165, 1.54) is 31.2 Å². The number of nitrogens with two attached hydrogens (primary N) is 1. The molecule has 0 aliphatic heterocycles. The maximum Gasteiger partial charge on any atom is 0.0354 e. The average Bonchev–Trinajstić information content (AvgIpc) is 2.97. The van der Waals surface area contributed by atoms with Crippen LogP contribution in [-0.2, 0) is 6.42 Å². The van der Waals surface area contributed by atoms with Crippen LogP contribution in [-0.4, -0.2) is 30.6 Å². The first-order valence-electron chi connectivity index (χ1n) is 6.59. The van der Waals surface area contributed by atoms with Crippen molar-refractivity contribution in [2.45, 2.75) is 50.1 Å². The number of rotatable bonds is 5. The standard InChI is InChI=1S/C14H24N2S/c1-16(2)14(8-3-4-9-14)13(15)6-5-12-7-10-17-11-12/h7,10-11,13H,3-6,8-9,15H2,1-2H3. The van der Waals surface area contributed by atoms with Crippen LogP contribution in [0.4, 0.5) is 0 Å². The fraction of sp³-hybridized carbons (Fsp3) is 0.714. The maximum absolute atomic E-state index is 6.49. The van der Waals surface area contributed by atoms with Gasteiger partial charge < -0.3 is 10.6 Å².